The van der Waals surface area contributed by atoms with Crippen LogP contribution in [0.25, 0.3) is 0 Å². The summed E-state index contributed by atoms with van der Waals surface area (Å²) in [5.41, 5.74) is 5.91. The molecule has 100 valence electrons. The van der Waals surface area contributed by atoms with Crippen molar-refractivity contribution in [3.8, 4) is 0 Å². The number of hydrogen-bond donors (Lipinski definition) is 2. The lowest BCUT2D eigenvalue weighted by molar-refractivity contribution is 0.571. The second-order valence-electron chi connectivity index (χ2n) is 3.84. The predicted molar refractivity (Wildman–Crippen MR) is 80.5 cm³/mol. The molecular weight excluding hydrogens is 288 g/mol. The SMILES string of the molecule is CSCC(C)NS(=O)(=O)c1ccccc1C(N)=S. The number of nitrogens with one attached hydrogen (secondary N) is 1. The molecule has 0 saturated heterocycles. The quantitative estimate of drug-likeness (QED) is 0.776. The molecule has 1 aromatic carbocycles. The minimum absolute atomic E-state index is 0.0773. The van der Waals surface area contributed by atoms with Crippen molar-refractivity contribution in [1.82, 2.24) is 4.72 Å². The fraction of sp³-hybridized carbons (Fsp3) is 0.364. The third-order valence-corrected chi connectivity index (χ3v) is 4.92. The second-order valence-corrected chi connectivity index (χ2v) is 6.87. The van der Waals surface area contributed by atoms with E-state index in [0.717, 1.165) is 0 Å². The number of rotatable bonds is 6. The van der Waals surface area contributed by atoms with E-state index in [1.165, 1.54) is 6.07 Å². The van der Waals surface area contributed by atoms with Gasteiger partial charge in [-0.25, -0.2) is 13.1 Å². The molecule has 1 aromatic rings. The summed E-state index contributed by atoms with van der Waals surface area (Å²) < 4.78 is 27.0. The highest BCUT2D eigenvalue weighted by Gasteiger charge is 2.21. The Morgan fingerprint density at radius 3 is 2.67 bits per heavy atom. The van der Waals surface area contributed by atoms with Crippen LogP contribution in [0.4, 0.5) is 0 Å². The molecule has 1 atom stereocenters. The fourth-order valence-electron chi connectivity index (χ4n) is 1.52. The van der Waals surface area contributed by atoms with Crippen molar-refractivity contribution >= 4 is 39.0 Å². The summed E-state index contributed by atoms with van der Waals surface area (Å²) in [7, 11) is -3.59. The Labute approximate surface area is 117 Å². The molecule has 0 heterocycles. The zero-order chi connectivity index (χ0) is 13.8. The summed E-state index contributed by atoms with van der Waals surface area (Å²) in [4.78, 5) is 0.207. The Bertz CT molecular complexity index is 529. The standard InChI is InChI=1S/C11H16N2O2S3/c1-8(7-17-2)13-18(14,15)10-6-4-3-5-9(10)11(12)16/h3-6,8,13H,7H2,1-2H3,(H2,12,16). The van der Waals surface area contributed by atoms with E-state index in [1.807, 2.05) is 13.2 Å². The molecule has 0 amide bonds. The molecule has 0 aliphatic rings. The Balaban J connectivity index is 3.09. The Hall–Kier alpha value is -0.630. The summed E-state index contributed by atoms with van der Waals surface area (Å²) >= 11 is 6.44. The average Bonchev–Trinajstić information content (AvgIpc) is 2.28. The van der Waals surface area contributed by atoms with Crippen LogP contribution in [0.2, 0.25) is 0 Å². The van der Waals surface area contributed by atoms with Gasteiger partial charge in [0.2, 0.25) is 10.0 Å². The molecule has 0 aliphatic carbocycles. The van der Waals surface area contributed by atoms with Gasteiger partial charge in [-0.15, -0.1) is 0 Å². The molecule has 7 heteroatoms. The first-order valence-corrected chi connectivity index (χ1v) is 8.57. The molecule has 0 spiro atoms. The van der Waals surface area contributed by atoms with E-state index < -0.39 is 10.0 Å². The molecule has 4 nitrogen and oxygen atoms in total. The van der Waals surface area contributed by atoms with Gasteiger partial charge in [0, 0.05) is 17.4 Å². The first-order valence-electron chi connectivity index (χ1n) is 5.28. The van der Waals surface area contributed by atoms with Gasteiger partial charge in [0.25, 0.3) is 0 Å². The third kappa shape index (κ3) is 3.94. The third-order valence-electron chi connectivity index (χ3n) is 2.22. The zero-order valence-electron chi connectivity index (χ0n) is 10.2. The Morgan fingerprint density at radius 1 is 1.50 bits per heavy atom. The number of thioether (sulfide) groups is 1. The highest BCUT2D eigenvalue weighted by molar-refractivity contribution is 7.98. The van der Waals surface area contributed by atoms with Gasteiger partial charge in [-0.3, -0.25) is 0 Å². The first-order chi connectivity index (χ1) is 8.38. The number of hydrogen-bond acceptors (Lipinski definition) is 4. The maximum Gasteiger partial charge on any atom is 0.241 e. The lowest BCUT2D eigenvalue weighted by Crippen LogP contribution is -2.35. The molecule has 3 N–H and O–H groups in total. The maximum atomic E-state index is 12.2. The van der Waals surface area contributed by atoms with Crippen LogP contribution in [0, 0.1) is 0 Å². The number of benzene rings is 1. The van der Waals surface area contributed by atoms with Crippen molar-refractivity contribution in [2.45, 2.75) is 17.9 Å². The molecule has 1 rings (SSSR count). The second kappa shape index (κ2) is 6.51. The van der Waals surface area contributed by atoms with Crippen molar-refractivity contribution in [2.75, 3.05) is 12.0 Å². The Morgan fingerprint density at radius 2 is 2.11 bits per heavy atom. The predicted octanol–water partition coefficient (Wildman–Crippen LogP) is 1.35. The molecular formula is C11H16N2O2S3. The molecule has 18 heavy (non-hydrogen) atoms. The minimum Gasteiger partial charge on any atom is -0.389 e. The van der Waals surface area contributed by atoms with Gasteiger partial charge >= 0.3 is 0 Å². The van der Waals surface area contributed by atoms with Crippen LogP contribution < -0.4 is 10.5 Å². The largest absolute Gasteiger partial charge is 0.389 e. The highest BCUT2D eigenvalue weighted by Crippen LogP contribution is 2.16. The van der Waals surface area contributed by atoms with Crippen LogP contribution in [0.1, 0.15) is 12.5 Å². The summed E-state index contributed by atoms with van der Waals surface area (Å²) in [6, 6.07) is 6.32. The molecule has 0 radical (unpaired) electrons. The maximum absolute atomic E-state index is 12.2. The number of sulfonamides is 1. The van der Waals surface area contributed by atoms with Gasteiger partial charge in [0.05, 0.1) is 4.90 Å². The number of thiocarbonyl (C=S) groups is 1. The van der Waals surface area contributed by atoms with Gasteiger partial charge in [0.1, 0.15) is 4.99 Å². The lowest BCUT2D eigenvalue weighted by Gasteiger charge is -2.15. The molecule has 1 unspecified atom stereocenters. The molecule has 0 aliphatic heterocycles. The molecule has 0 fully saturated rings. The molecule has 0 aromatic heterocycles. The normalized spacial score (nSPS) is 13.2. The van der Waals surface area contributed by atoms with Crippen molar-refractivity contribution in [3.63, 3.8) is 0 Å². The van der Waals surface area contributed by atoms with Gasteiger partial charge in [0.15, 0.2) is 0 Å². The smallest absolute Gasteiger partial charge is 0.241 e. The van der Waals surface area contributed by atoms with Crippen molar-refractivity contribution in [3.05, 3.63) is 29.8 Å². The monoisotopic (exact) mass is 304 g/mol. The van der Waals surface area contributed by atoms with Gasteiger partial charge in [-0.1, -0.05) is 30.4 Å². The lowest BCUT2D eigenvalue weighted by atomic mass is 10.2. The fourth-order valence-corrected chi connectivity index (χ4v) is 3.91. The van der Waals surface area contributed by atoms with Gasteiger partial charge in [-0.05, 0) is 19.2 Å². The van der Waals surface area contributed by atoms with E-state index in [0.29, 0.717) is 11.3 Å². The van der Waals surface area contributed by atoms with Crippen molar-refractivity contribution in [2.24, 2.45) is 5.73 Å². The number of nitrogens with two attached hydrogens (primary N) is 1. The van der Waals surface area contributed by atoms with Crippen LogP contribution in [-0.4, -0.2) is 31.5 Å². The van der Waals surface area contributed by atoms with Gasteiger partial charge < -0.3 is 5.73 Å². The van der Waals surface area contributed by atoms with Crippen LogP contribution in [0.15, 0.2) is 29.2 Å². The summed E-state index contributed by atoms with van der Waals surface area (Å²) in [6.07, 6.45) is 1.92. The minimum atomic E-state index is -3.59. The van der Waals surface area contributed by atoms with Crippen LogP contribution in [-0.2, 0) is 10.0 Å². The first kappa shape index (κ1) is 15.4. The van der Waals surface area contributed by atoms with E-state index in [9.17, 15) is 8.42 Å². The van der Waals surface area contributed by atoms with E-state index in [4.69, 9.17) is 18.0 Å². The summed E-state index contributed by atoms with van der Waals surface area (Å²) in [6.45, 7) is 1.82. The van der Waals surface area contributed by atoms with E-state index in [1.54, 1.807) is 30.0 Å². The topological polar surface area (TPSA) is 72.2 Å². The van der Waals surface area contributed by atoms with Crippen molar-refractivity contribution < 1.29 is 8.42 Å². The van der Waals surface area contributed by atoms with Crippen LogP contribution >= 0.6 is 24.0 Å². The molecule has 0 bridgehead atoms. The Kier molecular flexibility index (Phi) is 5.58. The average molecular weight is 304 g/mol. The van der Waals surface area contributed by atoms with E-state index in [-0.39, 0.29) is 15.9 Å². The molecule has 0 saturated carbocycles. The van der Waals surface area contributed by atoms with E-state index >= 15 is 0 Å². The summed E-state index contributed by atoms with van der Waals surface area (Å²) in [5.74, 6) is 0.703. The van der Waals surface area contributed by atoms with Crippen LogP contribution in [0.3, 0.4) is 0 Å². The van der Waals surface area contributed by atoms with Crippen molar-refractivity contribution in [1.29, 1.82) is 0 Å². The van der Waals surface area contributed by atoms with Crippen LogP contribution in [0.5, 0.6) is 0 Å². The van der Waals surface area contributed by atoms with E-state index in [2.05, 4.69) is 4.72 Å². The zero-order valence-corrected chi connectivity index (χ0v) is 12.7. The highest BCUT2D eigenvalue weighted by atomic mass is 32.2. The summed E-state index contributed by atoms with van der Waals surface area (Å²) in [5, 5.41) is 0. The van der Waals surface area contributed by atoms with Gasteiger partial charge in [-0.2, -0.15) is 11.8 Å².